The van der Waals surface area contributed by atoms with Gasteiger partial charge in [0.25, 0.3) is 0 Å². The first-order chi connectivity index (χ1) is 13.1. The minimum atomic E-state index is -0.382. The zero-order chi connectivity index (χ0) is 19.2. The molecule has 2 atom stereocenters. The van der Waals surface area contributed by atoms with Gasteiger partial charge < -0.3 is 9.47 Å². The van der Waals surface area contributed by atoms with Crippen LogP contribution in [0.25, 0.3) is 0 Å². The van der Waals surface area contributed by atoms with Gasteiger partial charge in [0.1, 0.15) is 6.33 Å². The Bertz CT molecular complexity index is 774. The second-order valence-corrected chi connectivity index (χ2v) is 7.14. The predicted octanol–water partition coefficient (Wildman–Crippen LogP) is 4.51. The summed E-state index contributed by atoms with van der Waals surface area (Å²) in [6.07, 6.45) is 6.80. The van der Waals surface area contributed by atoms with Crippen molar-refractivity contribution < 1.29 is 14.3 Å². The third-order valence-electron chi connectivity index (χ3n) is 5.16. The lowest BCUT2D eigenvalue weighted by atomic mass is 9.95. The van der Waals surface area contributed by atoms with Crippen LogP contribution in [0, 0.1) is 13.8 Å². The molecule has 5 nitrogen and oxygen atoms in total. The first kappa shape index (κ1) is 19.5. The molecule has 27 heavy (non-hydrogen) atoms. The molecule has 0 amide bonds. The van der Waals surface area contributed by atoms with Crippen LogP contribution in [0.1, 0.15) is 71.6 Å². The molecule has 1 fully saturated rings. The molecular formula is C22H28N2O3. The minimum Gasteiger partial charge on any atom is -0.461 e. The molecule has 0 bridgehead atoms. The highest BCUT2D eigenvalue weighted by Gasteiger charge is 2.24. The van der Waals surface area contributed by atoms with Gasteiger partial charge in [0.05, 0.1) is 18.8 Å². The summed E-state index contributed by atoms with van der Waals surface area (Å²) in [6, 6.07) is 8.62. The number of hydrogen-bond donors (Lipinski definition) is 0. The highest BCUT2D eigenvalue weighted by molar-refractivity contribution is 5.88. The number of carbonyl (C=O) groups excluding carboxylic acids is 1. The van der Waals surface area contributed by atoms with Gasteiger partial charge in [-0.05, 0) is 58.4 Å². The lowest BCUT2D eigenvalue weighted by Crippen LogP contribution is -2.23. The molecule has 0 N–H and O–H groups in total. The van der Waals surface area contributed by atoms with E-state index in [9.17, 15) is 4.79 Å². The normalized spacial score (nSPS) is 19.7. The summed E-state index contributed by atoms with van der Waals surface area (Å²) in [6.45, 7) is 6.12. The average molecular weight is 368 g/mol. The Balaban J connectivity index is 1.62. The Hall–Kier alpha value is -2.27. The quantitative estimate of drug-likeness (QED) is 0.702. The molecule has 144 valence electrons. The van der Waals surface area contributed by atoms with Gasteiger partial charge in [-0.25, -0.2) is 14.8 Å². The van der Waals surface area contributed by atoms with Crippen molar-refractivity contribution in [3.8, 4) is 0 Å². The van der Waals surface area contributed by atoms with Crippen LogP contribution < -0.4 is 0 Å². The fourth-order valence-electron chi connectivity index (χ4n) is 3.58. The van der Waals surface area contributed by atoms with Crippen molar-refractivity contribution in [3.05, 3.63) is 58.7 Å². The van der Waals surface area contributed by atoms with Gasteiger partial charge >= 0.3 is 5.97 Å². The lowest BCUT2D eigenvalue weighted by molar-refractivity contribution is -0.0547. The van der Waals surface area contributed by atoms with E-state index in [0.29, 0.717) is 12.3 Å². The van der Waals surface area contributed by atoms with E-state index in [4.69, 9.17) is 9.47 Å². The average Bonchev–Trinajstić information content (AvgIpc) is 2.68. The van der Waals surface area contributed by atoms with Crippen LogP contribution in [0.4, 0.5) is 0 Å². The number of aromatic nitrogens is 2. The SMILES string of the molecule is CCOC(=O)c1ncnc(CC[C@H]2CCC[C@@H](c3ccc(C)cc3)O2)c1C. The van der Waals surface area contributed by atoms with Gasteiger partial charge in [-0.2, -0.15) is 0 Å². The van der Waals surface area contributed by atoms with Crippen molar-refractivity contribution in [1.29, 1.82) is 0 Å². The molecule has 2 aromatic rings. The first-order valence-electron chi connectivity index (χ1n) is 9.78. The van der Waals surface area contributed by atoms with Crippen molar-refractivity contribution in [3.63, 3.8) is 0 Å². The van der Waals surface area contributed by atoms with Crippen LogP contribution in [0.2, 0.25) is 0 Å². The molecule has 0 aliphatic carbocycles. The summed E-state index contributed by atoms with van der Waals surface area (Å²) >= 11 is 0. The van der Waals surface area contributed by atoms with E-state index >= 15 is 0 Å². The third-order valence-corrected chi connectivity index (χ3v) is 5.16. The Kier molecular flexibility index (Phi) is 6.56. The van der Waals surface area contributed by atoms with E-state index in [-0.39, 0.29) is 18.2 Å². The predicted molar refractivity (Wildman–Crippen MR) is 104 cm³/mol. The van der Waals surface area contributed by atoms with Gasteiger partial charge in [0.2, 0.25) is 0 Å². The maximum atomic E-state index is 12.0. The van der Waals surface area contributed by atoms with Crippen LogP contribution in [0.15, 0.2) is 30.6 Å². The zero-order valence-corrected chi connectivity index (χ0v) is 16.4. The van der Waals surface area contributed by atoms with Crippen LogP contribution in [-0.2, 0) is 15.9 Å². The van der Waals surface area contributed by atoms with Crippen molar-refractivity contribution in [1.82, 2.24) is 9.97 Å². The fraction of sp³-hybridized carbons (Fsp3) is 0.500. The number of aryl methyl sites for hydroxylation is 2. The van der Waals surface area contributed by atoms with Crippen molar-refractivity contribution >= 4 is 5.97 Å². The van der Waals surface area contributed by atoms with Crippen LogP contribution in [-0.4, -0.2) is 28.6 Å². The molecule has 5 heteroatoms. The maximum Gasteiger partial charge on any atom is 0.357 e. The molecular weight excluding hydrogens is 340 g/mol. The Morgan fingerprint density at radius 1 is 1.19 bits per heavy atom. The van der Waals surface area contributed by atoms with E-state index in [1.807, 2.05) is 6.92 Å². The van der Waals surface area contributed by atoms with Crippen LogP contribution >= 0.6 is 0 Å². The highest BCUT2D eigenvalue weighted by atomic mass is 16.5. The van der Waals surface area contributed by atoms with Gasteiger partial charge in [-0.1, -0.05) is 29.8 Å². The van der Waals surface area contributed by atoms with E-state index < -0.39 is 0 Å². The Labute approximate surface area is 161 Å². The molecule has 2 heterocycles. The van der Waals surface area contributed by atoms with Gasteiger partial charge in [-0.3, -0.25) is 0 Å². The number of rotatable bonds is 6. The second-order valence-electron chi connectivity index (χ2n) is 7.14. The van der Waals surface area contributed by atoms with Gasteiger partial charge in [0.15, 0.2) is 5.69 Å². The number of hydrogen-bond acceptors (Lipinski definition) is 5. The number of nitrogens with zero attached hydrogens (tertiary/aromatic N) is 2. The number of esters is 1. The summed E-state index contributed by atoms with van der Waals surface area (Å²) in [7, 11) is 0. The largest absolute Gasteiger partial charge is 0.461 e. The van der Waals surface area contributed by atoms with E-state index in [1.54, 1.807) is 6.92 Å². The van der Waals surface area contributed by atoms with E-state index in [2.05, 4.69) is 41.2 Å². The van der Waals surface area contributed by atoms with E-state index in [0.717, 1.165) is 36.9 Å². The van der Waals surface area contributed by atoms with Crippen molar-refractivity contribution in [2.24, 2.45) is 0 Å². The topological polar surface area (TPSA) is 61.3 Å². The Morgan fingerprint density at radius 3 is 2.70 bits per heavy atom. The molecule has 1 aromatic carbocycles. The minimum absolute atomic E-state index is 0.172. The smallest absolute Gasteiger partial charge is 0.357 e. The summed E-state index contributed by atoms with van der Waals surface area (Å²) < 4.78 is 11.4. The first-order valence-corrected chi connectivity index (χ1v) is 9.78. The summed E-state index contributed by atoms with van der Waals surface area (Å²) in [5.74, 6) is -0.382. The summed E-state index contributed by atoms with van der Waals surface area (Å²) in [5.41, 5.74) is 4.59. The standard InChI is InChI=1S/C22H28N2O3/c1-4-26-22(25)21-16(3)19(23-14-24-21)13-12-18-6-5-7-20(27-18)17-10-8-15(2)9-11-17/h8-11,14,18,20H,4-7,12-13H2,1-3H3/t18-,20+/m1/s1. The molecule has 0 saturated carbocycles. The van der Waals surface area contributed by atoms with Gasteiger partial charge in [-0.15, -0.1) is 0 Å². The van der Waals surface area contributed by atoms with Gasteiger partial charge in [0, 0.05) is 11.3 Å². The summed E-state index contributed by atoms with van der Waals surface area (Å²) in [5, 5.41) is 0. The van der Waals surface area contributed by atoms with Crippen LogP contribution in [0.3, 0.4) is 0 Å². The van der Waals surface area contributed by atoms with Crippen LogP contribution in [0.5, 0.6) is 0 Å². The lowest BCUT2D eigenvalue weighted by Gasteiger charge is -2.30. The molecule has 1 aromatic heterocycles. The number of ether oxygens (including phenoxy) is 2. The number of carbonyl (C=O) groups is 1. The zero-order valence-electron chi connectivity index (χ0n) is 16.4. The molecule has 0 spiro atoms. The molecule has 1 aliphatic heterocycles. The summed E-state index contributed by atoms with van der Waals surface area (Å²) in [4.78, 5) is 20.5. The molecule has 1 saturated heterocycles. The maximum absolute atomic E-state index is 12.0. The molecule has 3 rings (SSSR count). The molecule has 0 unspecified atom stereocenters. The van der Waals surface area contributed by atoms with Crippen molar-refractivity contribution in [2.45, 2.75) is 65.1 Å². The number of benzene rings is 1. The molecule has 1 aliphatic rings. The monoisotopic (exact) mass is 368 g/mol. The fourth-order valence-corrected chi connectivity index (χ4v) is 3.58. The second kappa shape index (κ2) is 9.09. The highest BCUT2D eigenvalue weighted by Crippen LogP contribution is 2.33. The Morgan fingerprint density at radius 2 is 1.96 bits per heavy atom. The third kappa shape index (κ3) is 4.92. The van der Waals surface area contributed by atoms with E-state index in [1.165, 1.54) is 23.9 Å². The molecule has 0 radical (unpaired) electrons. The van der Waals surface area contributed by atoms with Crippen molar-refractivity contribution in [2.75, 3.05) is 6.61 Å².